The minimum absolute atomic E-state index is 0.922. The van der Waals surface area contributed by atoms with E-state index >= 15 is 0 Å². The highest BCUT2D eigenvalue weighted by Crippen LogP contribution is 2.29. The molecule has 0 aromatic carbocycles. The van der Waals surface area contributed by atoms with E-state index in [1.165, 1.54) is 51.6 Å². The van der Waals surface area contributed by atoms with Gasteiger partial charge in [0, 0.05) is 12.6 Å². The molecule has 2 atom stereocenters. The van der Waals surface area contributed by atoms with Gasteiger partial charge in [0.25, 0.3) is 0 Å². The molecule has 1 saturated heterocycles. The molecule has 0 spiro atoms. The van der Waals surface area contributed by atoms with Crippen molar-refractivity contribution in [1.82, 2.24) is 4.90 Å². The van der Waals surface area contributed by atoms with Gasteiger partial charge in [-0.3, -0.25) is 0 Å². The number of likely N-dealkylation sites (tertiary alicyclic amines) is 1. The highest BCUT2D eigenvalue weighted by molar-refractivity contribution is 4.82. The van der Waals surface area contributed by atoms with Crippen LogP contribution in [0.5, 0.6) is 0 Å². The predicted octanol–water partition coefficient (Wildman–Crippen LogP) is 3.30. The molecule has 0 amide bonds. The molecule has 2 rings (SSSR count). The lowest BCUT2D eigenvalue weighted by molar-refractivity contribution is 0.0767. The minimum Gasteiger partial charge on any atom is -0.300 e. The summed E-state index contributed by atoms with van der Waals surface area (Å²) >= 11 is 0. The van der Waals surface area contributed by atoms with Crippen LogP contribution in [0.25, 0.3) is 0 Å². The van der Waals surface area contributed by atoms with Crippen molar-refractivity contribution in [3.8, 4) is 0 Å². The first-order chi connectivity index (χ1) is 6.77. The zero-order chi connectivity index (χ0) is 9.97. The molecule has 1 heterocycles. The molecule has 1 heteroatoms. The van der Waals surface area contributed by atoms with Gasteiger partial charge in [0.2, 0.25) is 0 Å². The standard InChI is InChI=1S/C13H25N/c1-11-8-9-14(10-12(11)2)13-6-4-3-5-7-13/h11-13H,3-10H2,1-2H3. The molecule has 2 fully saturated rings. The monoisotopic (exact) mass is 195 g/mol. The van der Waals surface area contributed by atoms with Crippen molar-refractivity contribution in [2.45, 2.75) is 58.4 Å². The Balaban J connectivity index is 1.85. The molecule has 0 bridgehead atoms. The predicted molar refractivity (Wildman–Crippen MR) is 61.4 cm³/mol. The summed E-state index contributed by atoms with van der Waals surface area (Å²) in [5, 5.41) is 0. The lowest BCUT2D eigenvalue weighted by Gasteiger charge is -2.41. The third kappa shape index (κ3) is 2.31. The van der Waals surface area contributed by atoms with E-state index in [1.807, 2.05) is 0 Å². The zero-order valence-electron chi connectivity index (χ0n) is 9.84. The van der Waals surface area contributed by atoms with Crippen molar-refractivity contribution in [3.63, 3.8) is 0 Å². The van der Waals surface area contributed by atoms with Crippen molar-refractivity contribution in [3.05, 3.63) is 0 Å². The van der Waals surface area contributed by atoms with Gasteiger partial charge in [0.05, 0.1) is 0 Å². The highest BCUT2D eigenvalue weighted by Gasteiger charge is 2.28. The zero-order valence-corrected chi connectivity index (χ0v) is 9.84. The van der Waals surface area contributed by atoms with Crippen LogP contribution in [0.15, 0.2) is 0 Å². The summed E-state index contributed by atoms with van der Waals surface area (Å²) in [7, 11) is 0. The largest absolute Gasteiger partial charge is 0.300 e. The Hall–Kier alpha value is -0.0400. The first kappa shape index (κ1) is 10.5. The second-order valence-corrected chi connectivity index (χ2v) is 5.53. The van der Waals surface area contributed by atoms with E-state index in [0.29, 0.717) is 0 Å². The maximum Gasteiger partial charge on any atom is 0.00953 e. The number of hydrogen-bond donors (Lipinski definition) is 0. The topological polar surface area (TPSA) is 3.24 Å². The molecule has 2 aliphatic rings. The lowest BCUT2D eigenvalue weighted by Crippen LogP contribution is -2.45. The minimum atomic E-state index is 0.922. The summed E-state index contributed by atoms with van der Waals surface area (Å²) in [6.07, 6.45) is 8.81. The van der Waals surface area contributed by atoms with Gasteiger partial charge in [-0.1, -0.05) is 33.1 Å². The summed E-state index contributed by atoms with van der Waals surface area (Å²) in [6, 6.07) is 0.943. The summed E-state index contributed by atoms with van der Waals surface area (Å²) in [6.45, 7) is 7.59. The number of hydrogen-bond acceptors (Lipinski definition) is 1. The summed E-state index contributed by atoms with van der Waals surface area (Å²) in [4.78, 5) is 2.78. The molecule has 1 nitrogen and oxygen atoms in total. The fourth-order valence-corrected chi connectivity index (χ4v) is 3.07. The van der Waals surface area contributed by atoms with Crippen molar-refractivity contribution < 1.29 is 0 Å². The first-order valence-electron chi connectivity index (χ1n) is 6.51. The molecule has 0 N–H and O–H groups in total. The van der Waals surface area contributed by atoms with Crippen LogP contribution >= 0.6 is 0 Å². The van der Waals surface area contributed by atoms with Gasteiger partial charge >= 0.3 is 0 Å². The van der Waals surface area contributed by atoms with Crippen LogP contribution in [0.1, 0.15) is 52.4 Å². The van der Waals surface area contributed by atoms with Crippen molar-refractivity contribution in [1.29, 1.82) is 0 Å². The van der Waals surface area contributed by atoms with Gasteiger partial charge in [0.15, 0.2) is 0 Å². The van der Waals surface area contributed by atoms with Gasteiger partial charge in [0.1, 0.15) is 0 Å². The first-order valence-corrected chi connectivity index (χ1v) is 6.51. The Labute approximate surface area is 88.9 Å². The Morgan fingerprint density at radius 2 is 1.57 bits per heavy atom. The molecule has 1 aliphatic heterocycles. The number of rotatable bonds is 1. The summed E-state index contributed by atoms with van der Waals surface area (Å²) < 4.78 is 0. The third-order valence-corrected chi connectivity index (χ3v) is 4.46. The Morgan fingerprint density at radius 1 is 0.857 bits per heavy atom. The van der Waals surface area contributed by atoms with E-state index in [1.54, 1.807) is 0 Å². The molecule has 1 aliphatic carbocycles. The van der Waals surface area contributed by atoms with Crippen LogP contribution in [0.3, 0.4) is 0 Å². The molecule has 14 heavy (non-hydrogen) atoms. The molecule has 82 valence electrons. The van der Waals surface area contributed by atoms with Gasteiger partial charge in [-0.15, -0.1) is 0 Å². The van der Waals surface area contributed by atoms with E-state index < -0.39 is 0 Å². The quantitative estimate of drug-likeness (QED) is 0.620. The van der Waals surface area contributed by atoms with E-state index in [4.69, 9.17) is 0 Å². The number of piperidine rings is 1. The van der Waals surface area contributed by atoms with E-state index in [2.05, 4.69) is 18.7 Å². The molecular formula is C13H25N. The van der Waals surface area contributed by atoms with Crippen LogP contribution in [0.4, 0.5) is 0 Å². The van der Waals surface area contributed by atoms with Gasteiger partial charge in [-0.2, -0.15) is 0 Å². The van der Waals surface area contributed by atoms with Crippen LogP contribution in [0.2, 0.25) is 0 Å². The molecule has 1 saturated carbocycles. The van der Waals surface area contributed by atoms with Crippen molar-refractivity contribution in [2.75, 3.05) is 13.1 Å². The maximum absolute atomic E-state index is 2.78. The normalized spacial score (nSPS) is 37.3. The number of nitrogens with zero attached hydrogens (tertiary/aromatic N) is 1. The Bertz CT molecular complexity index is 172. The Kier molecular flexibility index (Phi) is 3.48. The highest BCUT2D eigenvalue weighted by atomic mass is 15.2. The molecular weight excluding hydrogens is 170 g/mol. The Morgan fingerprint density at radius 3 is 2.21 bits per heavy atom. The van der Waals surface area contributed by atoms with E-state index in [9.17, 15) is 0 Å². The second-order valence-electron chi connectivity index (χ2n) is 5.53. The lowest BCUT2D eigenvalue weighted by atomic mass is 9.85. The van der Waals surface area contributed by atoms with E-state index in [-0.39, 0.29) is 0 Å². The maximum atomic E-state index is 2.78. The fraction of sp³-hybridized carbons (Fsp3) is 1.00. The fourth-order valence-electron chi connectivity index (χ4n) is 3.07. The molecule has 2 unspecified atom stereocenters. The van der Waals surface area contributed by atoms with Crippen molar-refractivity contribution in [2.24, 2.45) is 11.8 Å². The summed E-state index contributed by atoms with van der Waals surface area (Å²) in [5.74, 6) is 1.88. The second kappa shape index (κ2) is 4.65. The average molecular weight is 195 g/mol. The van der Waals surface area contributed by atoms with Crippen LogP contribution in [0, 0.1) is 11.8 Å². The molecule has 0 aromatic rings. The van der Waals surface area contributed by atoms with Gasteiger partial charge in [-0.05, 0) is 37.6 Å². The smallest absolute Gasteiger partial charge is 0.00953 e. The van der Waals surface area contributed by atoms with Gasteiger partial charge < -0.3 is 4.90 Å². The SMILES string of the molecule is CC1CCN(C2CCCCC2)CC1C. The van der Waals surface area contributed by atoms with E-state index in [0.717, 1.165) is 17.9 Å². The summed E-state index contributed by atoms with van der Waals surface area (Å²) in [5.41, 5.74) is 0. The van der Waals surface area contributed by atoms with Gasteiger partial charge in [-0.25, -0.2) is 0 Å². The van der Waals surface area contributed by atoms with Crippen molar-refractivity contribution >= 4 is 0 Å². The molecule has 0 radical (unpaired) electrons. The van der Waals surface area contributed by atoms with Crippen LogP contribution in [-0.2, 0) is 0 Å². The van der Waals surface area contributed by atoms with Crippen LogP contribution in [-0.4, -0.2) is 24.0 Å². The van der Waals surface area contributed by atoms with Crippen LogP contribution < -0.4 is 0 Å². The molecule has 0 aromatic heterocycles. The third-order valence-electron chi connectivity index (χ3n) is 4.46. The average Bonchev–Trinajstić information content (AvgIpc) is 2.23.